The largest absolute Gasteiger partial charge is 0.504 e. The van der Waals surface area contributed by atoms with E-state index in [2.05, 4.69) is 35.5 Å². The van der Waals surface area contributed by atoms with Crippen molar-refractivity contribution in [3.63, 3.8) is 0 Å². The highest BCUT2D eigenvalue weighted by Crippen LogP contribution is 2.33. The van der Waals surface area contributed by atoms with Crippen LogP contribution in [0.1, 0.15) is 52.0 Å². The van der Waals surface area contributed by atoms with Crippen LogP contribution in [0.5, 0.6) is 11.5 Å². The molecule has 3 rings (SSSR count). The van der Waals surface area contributed by atoms with Crippen LogP contribution >= 0.6 is 0 Å². The Labute approximate surface area is 227 Å². The van der Waals surface area contributed by atoms with E-state index in [9.17, 15) is 15.3 Å². The molecule has 0 radical (unpaired) electrons. The number of hydrogen-bond acceptors (Lipinski definition) is 8. The molecule has 0 spiro atoms. The van der Waals surface area contributed by atoms with Crippen LogP contribution < -0.4 is 15.4 Å². The van der Waals surface area contributed by atoms with Crippen LogP contribution in [0.4, 0.5) is 0 Å². The third-order valence-corrected chi connectivity index (χ3v) is 6.99. The fourth-order valence-electron chi connectivity index (χ4n) is 4.57. The van der Waals surface area contributed by atoms with E-state index in [1.165, 1.54) is 0 Å². The maximum Gasteiger partial charge on any atom is 0.176 e. The molecule has 4 atom stereocenters. The van der Waals surface area contributed by atoms with E-state index in [1.807, 2.05) is 31.5 Å². The molecule has 1 aromatic rings. The molecule has 2 aliphatic rings. The van der Waals surface area contributed by atoms with Crippen LogP contribution in [-0.2, 0) is 11.2 Å². The van der Waals surface area contributed by atoms with Crippen LogP contribution in [0.25, 0.3) is 0 Å². The van der Waals surface area contributed by atoms with Crippen molar-refractivity contribution in [3.05, 3.63) is 59.2 Å². The normalized spacial score (nSPS) is 19.5. The summed E-state index contributed by atoms with van der Waals surface area (Å²) in [5.74, 6) is 0.806. The van der Waals surface area contributed by atoms with Crippen molar-refractivity contribution in [2.45, 2.75) is 71.1 Å². The Bertz CT molecular complexity index is 961. The van der Waals surface area contributed by atoms with Crippen LogP contribution in [-0.4, -0.2) is 73.1 Å². The number of aliphatic hydroxyl groups excluding tert-OH is 2. The number of aliphatic hydroxyl groups is 2. The molecule has 2 heterocycles. The summed E-state index contributed by atoms with van der Waals surface area (Å²) in [5.41, 5.74) is 3.12. The number of likely N-dealkylation sites (N-methyl/N-ethyl adjacent to an activating group) is 1. The molecule has 0 saturated carbocycles. The van der Waals surface area contributed by atoms with Gasteiger partial charge in [-0.1, -0.05) is 38.4 Å². The number of ether oxygens (including phenoxy) is 2. The van der Waals surface area contributed by atoms with Crippen molar-refractivity contribution >= 4 is 6.21 Å². The van der Waals surface area contributed by atoms with E-state index in [4.69, 9.17) is 9.47 Å². The van der Waals surface area contributed by atoms with Gasteiger partial charge in [0.15, 0.2) is 23.8 Å². The summed E-state index contributed by atoms with van der Waals surface area (Å²) in [6, 6.07) is 6.20. The summed E-state index contributed by atoms with van der Waals surface area (Å²) in [6.07, 6.45) is 11.0. The second kappa shape index (κ2) is 15.2. The smallest absolute Gasteiger partial charge is 0.176 e. The molecule has 0 saturated heterocycles. The lowest BCUT2D eigenvalue weighted by Crippen LogP contribution is -2.36. The van der Waals surface area contributed by atoms with Crippen molar-refractivity contribution in [1.82, 2.24) is 10.6 Å². The average molecular weight is 528 g/mol. The van der Waals surface area contributed by atoms with E-state index >= 15 is 0 Å². The number of nitrogens with one attached hydrogen (secondary N) is 2. The highest BCUT2D eigenvalue weighted by atomic mass is 16.5. The predicted molar refractivity (Wildman–Crippen MR) is 151 cm³/mol. The molecular weight excluding hydrogens is 482 g/mol. The minimum atomic E-state index is -0.370. The van der Waals surface area contributed by atoms with Gasteiger partial charge < -0.3 is 30.1 Å². The maximum absolute atomic E-state index is 10.4. The lowest BCUT2D eigenvalue weighted by atomic mass is 10.00. The zero-order valence-corrected chi connectivity index (χ0v) is 23.2. The number of nitrogens with zero attached hydrogens (tertiary/aromatic N) is 1. The summed E-state index contributed by atoms with van der Waals surface area (Å²) < 4.78 is 12.1. The number of aliphatic imine (C=N–C) groups is 1. The molecule has 0 bridgehead atoms. The minimum Gasteiger partial charge on any atom is -0.504 e. The summed E-state index contributed by atoms with van der Waals surface area (Å²) in [4.78, 5) is 4.59. The fourth-order valence-corrected chi connectivity index (χ4v) is 4.57. The molecule has 0 aliphatic carbocycles. The molecule has 210 valence electrons. The number of unbranched alkanes of at least 4 members (excludes halogenated alkanes) is 1. The highest BCUT2D eigenvalue weighted by Gasteiger charge is 2.32. The van der Waals surface area contributed by atoms with Crippen LogP contribution in [0.15, 0.2) is 46.5 Å². The molecule has 8 nitrogen and oxygen atoms in total. The van der Waals surface area contributed by atoms with Gasteiger partial charge >= 0.3 is 0 Å². The van der Waals surface area contributed by atoms with Gasteiger partial charge in [-0.2, -0.15) is 11.6 Å². The number of phenols is 1. The Balaban J connectivity index is 1.52. The Hall–Kier alpha value is -2.49. The van der Waals surface area contributed by atoms with Gasteiger partial charge in [0.2, 0.25) is 0 Å². The second-order valence-electron chi connectivity index (χ2n) is 10.3. The zero-order valence-electron chi connectivity index (χ0n) is 23.2. The number of rotatable bonds is 17. The Morgan fingerprint density at radius 3 is 2.79 bits per heavy atom. The molecule has 1 unspecified atom stereocenters. The monoisotopic (exact) mass is 527 g/mol. The topological polar surface area (TPSA) is 116 Å². The Morgan fingerprint density at radius 1 is 1.26 bits per heavy atom. The molecule has 0 fully saturated rings. The summed E-state index contributed by atoms with van der Waals surface area (Å²) in [7, 11) is 1.87. The van der Waals surface area contributed by atoms with Gasteiger partial charge in [-0.3, -0.25) is 5.32 Å². The SMILES string of the molecule is CCCCC1O[C-](CCc2ccc(O)c(OC[C@H](NC)[C+]3C=C([C@H](C)CNC[C@H](C)O)C=N3)c2)C=C1CO. The highest BCUT2D eigenvalue weighted by molar-refractivity contribution is 5.84. The lowest BCUT2D eigenvalue weighted by molar-refractivity contribution is 0.103. The number of benzene rings is 1. The molecule has 2 aliphatic heterocycles. The lowest BCUT2D eigenvalue weighted by Gasteiger charge is -2.24. The first-order valence-corrected chi connectivity index (χ1v) is 13.8. The minimum absolute atomic E-state index is 0.0130. The van der Waals surface area contributed by atoms with Crippen molar-refractivity contribution in [3.8, 4) is 11.5 Å². The number of phenolic OH excluding ortho intramolecular Hbond substituents is 1. The van der Waals surface area contributed by atoms with Crippen LogP contribution in [0, 0.1) is 18.1 Å². The quantitative estimate of drug-likeness (QED) is 0.197. The summed E-state index contributed by atoms with van der Waals surface area (Å²) in [5, 5.41) is 36.0. The standard InChI is InChI=1S/C30H45N3O5/c1-5-6-7-29-24(18-34)13-25(38-29)10-8-22-9-11-28(36)30(12-22)37-19-27(31-4)26-14-23(17-33-26)20(2)15-32-16-21(3)35/h9,11-14,17,20-21,27,29,31-32,34-36H,5-8,10,15-16,18-19H2,1-4H3/t20-,21+,27+,29?/m1/s1. The van der Waals surface area contributed by atoms with Crippen LogP contribution in [0.2, 0.25) is 0 Å². The first-order valence-electron chi connectivity index (χ1n) is 13.8. The molecular formula is C30H45N3O5. The van der Waals surface area contributed by atoms with Crippen LogP contribution in [0.3, 0.4) is 0 Å². The third-order valence-electron chi connectivity index (χ3n) is 6.99. The molecule has 38 heavy (non-hydrogen) atoms. The number of aromatic hydroxyl groups is 1. The first-order chi connectivity index (χ1) is 18.3. The van der Waals surface area contributed by atoms with Gasteiger partial charge in [0.25, 0.3) is 0 Å². The molecule has 8 heteroatoms. The molecule has 0 amide bonds. The van der Waals surface area contributed by atoms with Gasteiger partial charge in [-0.15, -0.1) is 4.99 Å². The van der Waals surface area contributed by atoms with Gasteiger partial charge in [-0.25, -0.2) is 0 Å². The number of hydrogen-bond donors (Lipinski definition) is 5. The molecule has 5 N–H and O–H groups in total. The van der Waals surface area contributed by atoms with E-state index in [1.54, 1.807) is 13.0 Å². The second-order valence-corrected chi connectivity index (χ2v) is 10.3. The van der Waals surface area contributed by atoms with Gasteiger partial charge in [0.1, 0.15) is 18.2 Å². The van der Waals surface area contributed by atoms with Gasteiger partial charge in [0.05, 0.1) is 18.1 Å². The maximum atomic E-state index is 10.4. The Kier molecular flexibility index (Phi) is 12.0. The average Bonchev–Trinajstić information content (AvgIpc) is 3.55. The predicted octanol–water partition coefficient (Wildman–Crippen LogP) is 3.48. The third kappa shape index (κ3) is 8.78. The van der Waals surface area contributed by atoms with E-state index < -0.39 is 0 Å². The van der Waals surface area contributed by atoms with E-state index in [0.29, 0.717) is 18.9 Å². The van der Waals surface area contributed by atoms with Gasteiger partial charge in [-0.05, 0) is 51.4 Å². The zero-order chi connectivity index (χ0) is 27.5. The summed E-state index contributed by atoms with van der Waals surface area (Å²) in [6.45, 7) is 7.72. The van der Waals surface area contributed by atoms with E-state index in [-0.39, 0.29) is 36.5 Å². The number of aryl methyl sites for hydroxylation is 1. The van der Waals surface area contributed by atoms with Gasteiger partial charge in [0, 0.05) is 25.8 Å². The van der Waals surface area contributed by atoms with Crippen molar-refractivity contribution in [2.24, 2.45) is 10.9 Å². The van der Waals surface area contributed by atoms with Crippen molar-refractivity contribution < 1.29 is 24.8 Å². The van der Waals surface area contributed by atoms with Crippen molar-refractivity contribution in [2.75, 3.05) is 33.4 Å². The van der Waals surface area contributed by atoms with E-state index in [0.717, 1.165) is 67.5 Å². The molecule has 1 aromatic carbocycles. The Morgan fingerprint density at radius 2 is 2.08 bits per heavy atom. The molecule has 0 aromatic heterocycles. The summed E-state index contributed by atoms with van der Waals surface area (Å²) >= 11 is 0. The van der Waals surface area contributed by atoms with Crippen molar-refractivity contribution in [1.29, 1.82) is 0 Å². The fraction of sp³-hybridized carbons (Fsp3) is 0.567. The first kappa shape index (κ1) is 30.1.